The number of anilines is 2. The topological polar surface area (TPSA) is 82.5 Å². The second-order valence-corrected chi connectivity index (χ2v) is 4.37. The van der Waals surface area contributed by atoms with Gasteiger partial charge in [0.25, 0.3) is 0 Å². The largest absolute Gasteiger partial charge is 0.486 e. The lowest BCUT2D eigenvalue weighted by atomic mass is 10.2. The quantitative estimate of drug-likeness (QED) is 0.822. The van der Waals surface area contributed by atoms with Crippen molar-refractivity contribution in [1.29, 1.82) is 0 Å². The number of nitrogens with one attached hydrogen (secondary N) is 1. The van der Waals surface area contributed by atoms with Crippen molar-refractivity contribution in [1.82, 2.24) is 5.16 Å². The zero-order valence-electron chi connectivity index (χ0n) is 10.6. The number of nitrogens with zero attached hydrogens (tertiary/aromatic N) is 1. The number of fused-ring (bicyclic) bond motifs is 1. The molecule has 0 amide bonds. The zero-order chi connectivity index (χ0) is 13.2. The van der Waals surface area contributed by atoms with Crippen LogP contribution in [-0.4, -0.2) is 18.4 Å². The number of aromatic nitrogens is 1. The summed E-state index contributed by atoms with van der Waals surface area (Å²) in [6.07, 6.45) is 0. The minimum atomic E-state index is 0.543. The van der Waals surface area contributed by atoms with Crippen molar-refractivity contribution in [3.05, 3.63) is 29.7 Å². The lowest BCUT2D eigenvalue weighted by Crippen LogP contribution is -2.16. The van der Waals surface area contributed by atoms with Crippen LogP contribution in [-0.2, 0) is 6.54 Å². The Hall–Kier alpha value is -2.37. The summed E-state index contributed by atoms with van der Waals surface area (Å²) in [5, 5.41) is 7.12. The normalized spacial score (nSPS) is 13.3. The fourth-order valence-corrected chi connectivity index (χ4v) is 1.94. The molecule has 0 saturated heterocycles. The average molecular weight is 261 g/mol. The predicted molar refractivity (Wildman–Crippen MR) is 70.4 cm³/mol. The molecule has 0 spiro atoms. The molecule has 2 aromatic rings. The molecule has 0 fully saturated rings. The van der Waals surface area contributed by atoms with Gasteiger partial charge in [-0.05, 0) is 6.92 Å². The van der Waals surface area contributed by atoms with Gasteiger partial charge in [0.15, 0.2) is 11.5 Å². The van der Waals surface area contributed by atoms with Gasteiger partial charge in [-0.2, -0.15) is 0 Å². The molecule has 1 aliphatic rings. The van der Waals surface area contributed by atoms with Crippen LogP contribution in [0.4, 0.5) is 11.4 Å². The van der Waals surface area contributed by atoms with Gasteiger partial charge in [0.05, 0.1) is 17.9 Å². The Morgan fingerprint density at radius 2 is 1.95 bits per heavy atom. The number of rotatable bonds is 3. The van der Waals surface area contributed by atoms with Crippen LogP contribution in [0.5, 0.6) is 11.5 Å². The maximum absolute atomic E-state index is 5.97. The summed E-state index contributed by atoms with van der Waals surface area (Å²) in [6, 6.07) is 5.49. The van der Waals surface area contributed by atoms with Crippen LogP contribution < -0.4 is 20.5 Å². The monoisotopic (exact) mass is 261 g/mol. The number of nitrogens with two attached hydrogens (primary N) is 1. The molecule has 100 valence electrons. The second-order valence-electron chi connectivity index (χ2n) is 4.37. The molecule has 0 saturated carbocycles. The smallest absolute Gasteiger partial charge is 0.163 e. The molecule has 1 aromatic heterocycles. The van der Waals surface area contributed by atoms with Crippen LogP contribution in [0.25, 0.3) is 0 Å². The molecular weight excluding hydrogens is 246 g/mol. The maximum Gasteiger partial charge on any atom is 0.163 e. The molecule has 1 aliphatic heterocycles. The van der Waals surface area contributed by atoms with Gasteiger partial charge in [-0.1, -0.05) is 5.16 Å². The van der Waals surface area contributed by atoms with Crippen molar-refractivity contribution < 1.29 is 14.0 Å². The molecule has 6 heteroatoms. The highest BCUT2D eigenvalue weighted by atomic mass is 16.6. The second kappa shape index (κ2) is 4.72. The zero-order valence-corrected chi connectivity index (χ0v) is 10.6. The van der Waals surface area contributed by atoms with Crippen LogP contribution in [0.3, 0.4) is 0 Å². The van der Waals surface area contributed by atoms with Crippen LogP contribution in [0, 0.1) is 6.92 Å². The van der Waals surface area contributed by atoms with E-state index in [0.29, 0.717) is 36.9 Å². The number of nitrogen functional groups attached to an aromatic ring is 1. The fraction of sp³-hybridized carbons (Fsp3) is 0.308. The van der Waals surface area contributed by atoms with E-state index in [9.17, 15) is 0 Å². The van der Waals surface area contributed by atoms with E-state index in [0.717, 1.165) is 17.1 Å². The molecule has 3 rings (SSSR count). The minimum absolute atomic E-state index is 0.543. The van der Waals surface area contributed by atoms with Crippen LogP contribution in [0.1, 0.15) is 11.5 Å². The highest BCUT2D eigenvalue weighted by molar-refractivity contribution is 5.72. The van der Waals surface area contributed by atoms with Crippen molar-refractivity contribution in [3.8, 4) is 11.5 Å². The van der Waals surface area contributed by atoms with E-state index < -0.39 is 0 Å². The first-order chi connectivity index (χ1) is 9.22. The van der Waals surface area contributed by atoms with Crippen molar-refractivity contribution in [3.63, 3.8) is 0 Å². The van der Waals surface area contributed by atoms with E-state index in [1.165, 1.54) is 0 Å². The number of aryl methyl sites for hydroxylation is 1. The van der Waals surface area contributed by atoms with Crippen molar-refractivity contribution in [2.24, 2.45) is 0 Å². The highest BCUT2D eigenvalue weighted by Crippen LogP contribution is 2.37. The van der Waals surface area contributed by atoms with Crippen molar-refractivity contribution >= 4 is 11.4 Å². The van der Waals surface area contributed by atoms with Gasteiger partial charge in [0.1, 0.15) is 24.7 Å². The fourth-order valence-electron chi connectivity index (χ4n) is 1.94. The summed E-state index contributed by atoms with van der Waals surface area (Å²) in [5.41, 5.74) is 8.21. The van der Waals surface area contributed by atoms with Crippen LogP contribution in [0.15, 0.2) is 22.7 Å². The first-order valence-corrected chi connectivity index (χ1v) is 6.07. The van der Waals surface area contributed by atoms with Gasteiger partial charge in [0.2, 0.25) is 0 Å². The summed E-state index contributed by atoms with van der Waals surface area (Å²) in [6.45, 7) is 3.51. The minimum Gasteiger partial charge on any atom is -0.486 e. The summed E-state index contributed by atoms with van der Waals surface area (Å²) in [4.78, 5) is 0. The van der Waals surface area contributed by atoms with Gasteiger partial charge in [-0.25, -0.2) is 0 Å². The highest BCUT2D eigenvalue weighted by Gasteiger charge is 2.14. The Labute approximate surface area is 110 Å². The van der Waals surface area contributed by atoms with E-state index in [-0.39, 0.29) is 0 Å². The van der Waals surface area contributed by atoms with Gasteiger partial charge in [-0.15, -0.1) is 0 Å². The number of hydrogen-bond donors (Lipinski definition) is 2. The molecule has 3 N–H and O–H groups in total. The average Bonchev–Trinajstić information content (AvgIpc) is 2.82. The van der Waals surface area contributed by atoms with E-state index in [4.69, 9.17) is 19.7 Å². The summed E-state index contributed by atoms with van der Waals surface area (Å²) in [7, 11) is 0. The third-order valence-electron chi connectivity index (χ3n) is 2.85. The van der Waals surface area contributed by atoms with Gasteiger partial charge < -0.3 is 25.0 Å². The number of hydrogen-bond acceptors (Lipinski definition) is 6. The molecule has 19 heavy (non-hydrogen) atoms. The number of ether oxygens (including phenoxy) is 2. The standard InChI is InChI=1S/C13H15N3O3/c1-8-4-9(16-19-8)7-15-11-6-13-12(5-10(11)14)17-2-3-18-13/h4-6,15H,2-3,7,14H2,1H3. The Kier molecular flexibility index (Phi) is 2.91. The Morgan fingerprint density at radius 1 is 1.21 bits per heavy atom. The SMILES string of the molecule is Cc1cc(CNc2cc3c(cc2N)OCCO3)no1. The third kappa shape index (κ3) is 2.42. The first-order valence-electron chi connectivity index (χ1n) is 6.07. The third-order valence-corrected chi connectivity index (χ3v) is 2.85. The maximum atomic E-state index is 5.97. The molecule has 0 aliphatic carbocycles. The van der Waals surface area contributed by atoms with E-state index in [1.807, 2.05) is 19.1 Å². The molecular formula is C13H15N3O3. The van der Waals surface area contributed by atoms with E-state index in [1.54, 1.807) is 6.07 Å². The molecule has 6 nitrogen and oxygen atoms in total. The molecule has 2 heterocycles. The molecule has 0 unspecified atom stereocenters. The Bertz CT molecular complexity index is 595. The first kappa shape index (κ1) is 11.7. The molecule has 0 atom stereocenters. The number of benzene rings is 1. The lowest BCUT2D eigenvalue weighted by molar-refractivity contribution is 0.172. The predicted octanol–water partition coefficient (Wildman–Crippen LogP) is 1.95. The van der Waals surface area contributed by atoms with Crippen LogP contribution >= 0.6 is 0 Å². The van der Waals surface area contributed by atoms with Gasteiger partial charge in [-0.3, -0.25) is 0 Å². The molecule has 1 aromatic carbocycles. The summed E-state index contributed by atoms with van der Waals surface area (Å²) >= 11 is 0. The Balaban J connectivity index is 1.77. The van der Waals surface area contributed by atoms with Crippen molar-refractivity contribution in [2.45, 2.75) is 13.5 Å². The molecule has 0 radical (unpaired) electrons. The van der Waals surface area contributed by atoms with E-state index >= 15 is 0 Å². The van der Waals surface area contributed by atoms with E-state index in [2.05, 4.69) is 10.5 Å². The lowest BCUT2D eigenvalue weighted by Gasteiger charge is -2.20. The van der Waals surface area contributed by atoms with Crippen molar-refractivity contribution in [2.75, 3.05) is 24.3 Å². The summed E-state index contributed by atoms with van der Waals surface area (Å²) in [5.74, 6) is 2.18. The van der Waals surface area contributed by atoms with Crippen LogP contribution in [0.2, 0.25) is 0 Å². The Morgan fingerprint density at radius 3 is 2.63 bits per heavy atom. The van der Waals surface area contributed by atoms with Gasteiger partial charge in [0, 0.05) is 18.2 Å². The molecule has 0 bridgehead atoms. The van der Waals surface area contributed by atoms with Gasteiger partial charge >= 0.3 is 0 Å². The summed E-state index contributed by atoms with van der Waals surface area (Å²) < 4.78 is 16.0.